The van der Waals surface area contributed by atoms with Gasteiger partial charge in [0.05, 0.1) is 13.5 Å². The Balaban J connectivity index is 2.84. The van der Waals surface area contributed by atoms with Crippen LogP contribution in [-0.4, -0.2) is 36.7 Å². The van der Waals surface area contributed by atoms with Crippen LogP contribution in [-0.2, 0) is 4.79 Å². The van der Waals surface area contributed by atoms with Crippen LogP contribution < -0.4 is 4.74 Å². The topological polar surface area (TPSA) is 49.8 Å². The molecule has 1 atom stereocenters. The van der Waals surface area contributed by atoms with Crippen LogP contribution in [0.1, 0.15) is 24.9 Å². The lowest BCUT2D eigenvalue weighted by Gasteiger charge is -2.26. The number of benzene rings is 1. The number of hydrogen-bond donors (Lipinski definition) is 1. The molecule has 1 unspecified atom stereocenters. The molecule has 0 aliphatic carbocycles. The van der Waals surface area contributed by atoms with Crippen molar-refractivity contribution in [3.8, 4) is 5.75 Å². The summed E-state index contributed by atoms with van der Waals surface area (Å²) in [7, 11) is 3.49. The molecule has 1 rings (SSSR count). The summed E-state index contributed by atoms with van der Waals surface area (Å²) < 4.78 is 5.30. The van der Waals surface area contributed by atoms with E-state index in [1.165, 1.54) is 0 Å². The van der Waals surface area contributed by atoms with Gasteiger partial charge in [-0.15, -0.1) is 0 Å². The van der Waals surface area contributed by atoms with Crippen molar-refractivity contribution < 1.29 is 14.6 Å². The molecule has 0 spiro atoms. The SMILES string of the molecule is COc1ccc(Cl)cc1C(C)N(C)CCC(=O)O. The molecule has 1 aromatic carbocycles. The third-order valence-electron chi connectivity index (χ3n) is 2.98. The van der Waals surface area contributed by atoms with E-state index in [1.54, 1.807) is 13.2 Å². The second kappa shape index (κ2) is 6.61. The molecule has 5 heteroatoms. The Bertz CT molecular complexity index is 423. The summed E-state index contributed by atoms with van der Waals surface area (Å²) in [5.74, 6) is -0.0406. The second-order valence-corrected chi connectivity index (χ2v) is 4.62. The van der Waals surface area contributed by atoms with Gasteiger partial charge in [0.25, 0.3) is 0 Å². The molecule has 0 bridgehead atoms. The molecule has 0 saturated carbocycles. The highest BCUT2D eigenvalue weighted by Crippen LogP contribution is 2.30. The Kier molecular flexibility index (Phi) is 5.44. The monoisotopic (exact) mass is 271 g/mol. The molecule has 0 heterocycles. The Labute approximate surface area is 112 Å². The molecule has 0 radical (unpaired) electrons. The first-order valence-electron chi connectivity index (χ1n) is 5.71. The average molecular weight is 272 g/mol. The Morgan fingerprint density at radius 1 is 1.56 bits per heavy atom. The number of aliphatic carboxylic acids is 1. The molecule has 0 aliphatic rings. The zero-order valence-corrected chi connectivity index (χ0v) is 11.6. The third-order valence-corrected chi connectivity index (χ3v) is 3.22. The summed E-state index contributed by atoms with van der Waals surface area (Å²) in [5, 5.41) is 9.33. The summed E-state index contributed by atoms with van der Waals surface area (Å²) in [5.41, 5.74) is 0.956. The smallest absolute Gasteiger partial charge is 0.304 e. The van der Waals surface area contributed by atoms with Crippen LogP contribution >= 0.6 is 11.6 Å². The van der Waals surface area contributed by atoms with Gasteiger partial charge in [-0.1, -0.05) is 11.6 Å². The number of ether oxygens (including phenoxy) is 1. The van der Waals surface area contributed by atoms with Crippen molar-refractivity contribution in [3.63, 3.8) is 0 Å². The van der Waals surface area contributed by atoms with E-state index >= 15 is 0 Å². The number of nitrogens with zero attached hydrogens (tertiary/aromatic N) is 1. The Morgan fingerprint density at radius 2 is 2.22 bits per heavy atom. The number of carboxylic acids is 1. The van der Waals surface area contributed by atoms with Gasteiger partial charge in [-0.3, -0.25) is 9.69 Å². The van der Waals surface area contributed by atoms with Crippen LogP contribution in [0.15, 0.2) is 18.2 Å². The van der Waals surface area contributed by atoms with Crippen LogP contribution in [0.5, 0.6) is 5.75 Å². The first-order chi connectivity index (χ1) is 8.45. The van der Waals surface area contributed by atoms with Gasteiger partial charge < -0.3 is 9.84 Å². The van der Waals surface area contributed by atoms with Crippen molar-refractivity contribution in [2.75, 3.05) is 20.7 Å². The number of methoxy groups -OCH3 is 1. The molecule has 0 aromatic heterocycles. The van der Waals surface area contributed by atoms with Gasteiger partial charge in [0.15, 0.2) is 0 Å². The van der Waals surface area contributed by atoms with E-state index in [1.807, 2.05) is 31.0 Å². The van der Waals surface area contributed by atoms with Gasteiger partial charge >= 0.3 is 5.97 Å². The Hall–Kier alpha value is -1.26. The fraction of sp³-hybridized carbons (Fsp3) is 0.462. The van der Waals surface area contributed by atoms with E-state index in [0.29, 0.717) is 11.6 Å². The zero-order chi connectivity index (χ0) is 13.7. The molecular formula is C13H18ClNO3. The lowest BCUT2D eigenvalue weighted by atomic mass is 10.1. The summed E-state index contributed by atoms with van der Waals surface area (Å²) >= 11 is 5.98. The van der Waals surface area contributed by atoms with E-state index in [0.717, 1.165) is 11.3 Å². The van der Waals surface area contributed by atoms with E-state index < -0.39 is 5.97 Å². The van der Waals surface area contributed by atoms with Gasteiger partial charge in [0.2, 0.25) is 0 Å². The van der Waals surface area contributed by atoms with E-state index in [9.17, 15) is 4.79 Å². The largest absolute Gasteiger partial charge is 0.496 e. The number of rotatable bonds is 6. The van der Waals surface area contributed by atoms with Gasteiger partial charge in [-0.25, -0.2) is 0 Å². The van der Waals surface area contributed by atoms with Crippen LogP contribution in [0, 0.1) is 0 Å². The molecule has 1 N–H and O–H groups in total. The number of carbonyl (C=O) groups is 1. The predicted molar refractivity (Wildman–Crippen MR) is 71.3 cm³/mol. The van der Waals surface area contributed by atoms with E-state index in [2.05, 4.69) is 0 Å². The minimum Gasteiger partial charge on any atom is -0.496 e. The van der Waals surface area contributed by atoms with E-state index in [4.69, 9.17) is 21.4 Å². The summed E-state index contributed by atoms with van der Waals surface area (Å²) in [6.07, 6.45) is 0.115. The summed E-state index contributed by atoms with van der Waals surface area (Å²) in [6.45, 7) is 2.47. The van der Waals surface area contributed by atoms with Crippen molar-refractivity contribution in [2.45, 2.75) is 19.4 Å². The minimum absolute atomic E-state index is 0.0398. The van der Waals surface area contributed by atoms with Gasteiger partial charge in [0.1, 0.15) is 5.75 Å². The van der Waals surface area contributed by atoms with Crippen LogP contribution in [0.4, 0.5) is 0 Å². The molecule has 100 valence electrons. The summed E-state index contributed by atoms with van der Waals surface area (Å²) in [6, 6.07) is 5.48. The second-order valence-electron chi connectivity index (χ2n) is 4.19. The molecule has 0 amide bonds. The molecule has 0 saturated heterocycles. The van der Waals surface area contributed by atoms with Crippen molar-refractivity contribution in [2.24, 2.45) is 0 Å². The van der Waals surface area contributed by atoms with Crippen LogP contribution in [0.25, 0.3) is 0 Å². The van der Waals surface area contributed by atoms with Crippen molar-refractivity contribution in [1.82, 2.24) is 4.90 Å². The maximum absolute atomic E-state index is 10.6. The molecule has 1 aromatic rings. The van der Waals surface area contributed by atoms with E-state index in [-0.39, 0.29) is 12.5 Å². The highest BCUT2D eigenvalue weighted by Gasteiger charge is 2.17. The normalized spacial score (nSPS) is 12.5. The van der Waals surface area contributed by atoms with Crippen LogP contribution in [0.2, 0.25) is 5.02 Å². The van der Waals surface area contributed by atoms with Crippen molar-refractivity contribution in [3.05, 3.63) is 28.8 Å². The quantitative estimate of drug-likeness (QED) is 0.864. The highest BCUT2D eigenvalue weighted by atomic mass is 35.5. The summed E-state index contributed by atoms with van der Waals surface area (Å²) in [4.78, 5) is 12.5. The van der Waals surface area contributed by atoms with Crippen molar-refractivity contribution in [1.29, 1.82) is 0 Å². The number of halogens is 1. The zero-order valence-electron chi connectivity index (χ0n) is 10.8. The Morgan fingerprint density at radius 3 is 2.78 bits per heavy atom. The number of carboxylic acid groups (broad SMARTS) is 1. The molecular weight excluding hydrogens is 254 g/mol. The first kappa shape index (κ1) is 14.8. The van der Waals surface area contributed by atoms with Gasteiger partial charge in [0, 0.05) is 23.2 Å². The maximum Gasteiger partial charge on any atom is 0.304 e. The van der Waals surface area contributed by atoms with Gasteiger partial charge in [-0.05, 0) is 32.2 Å². The molecule has 0 aliphatic heterocycles. The number of hydrogen-bond acceptors (Lipinski definition) is 3. The average Bonchev–Trinajstić information content (AvgIpc) is 2.34. The molecule has 0 fully saturated rings. The maximum atomic E-state index is 10.6. The third kappa shape index (κ3) is 3.89. The van der Waals surface area contributed by atoms with Crippen molar-refractivity contribution >= 4 is 17.6 Å². The fourth-order valence-corrected chi connectivity index (χ4v) is 1.92. The molecule has 4 nitrogen and oxygen atoms in total. The highest BCUT2D eigenvalue weighted by molar-refractivity contribution is 6.30. The predicted octanol–water partition coefficient (Wildman–Crippen LogP) is 2.82. The van der Waals surface area contributed by atoms with Gasteiger partial charge in [-0.2, -0.15) is 0 Å². The lowest BCUT2D eigenvalue weighted by molar-refractivity contribution is -0.137. The van der Waals surface area contributed by atoms with Crippen LogP contribution in [0.3, 0.4) is 0 Å². The first-order valence-corrected chi connectivity index (χ1v) is 6.09. The minimum atomic E-state index is -0.799. The molecule has 18 heavy (non-hydrogen) atoms. The fourth-order valence-electron chi connectivity index (χ4n) is 1.73. The standard InChI is InChI=1S/C13H18ClNO3/c1-9(15(2)7-6-13(16)17)11-8-10(14)4-5-12(11)18-3/h4-5,8-9H,6-7H2,1-3H3,(H,16,17). The lowest BCUT2D eigenvalue weighted by Crippen LogP contribution is -2.25.